The van der Waals surface area contributed by atoms with Crippen molar-refractivity contribution in [3.8, 4) is 0 Å². The van der Waals surface area contributed by atoms with E-state index in [9.17, 15) is 9.90 Å². The standard InChI is InChI=1S/C13H20N2O4S/c1-7(2)11-14-8(3)10(13(16)17)12(15-11)20-6-9(18-4)19-5/h7,9H,6H2,1-5H3,(H,16,17). The Morgan fingerprint density at radius 1 is 1.30 bits per heavy atom. The van der Waals surface area contributed by atoms with Crippen LogP contribution in [0.1, 0.15) is 41.6 Å². The third-order valence-electron chi connectivity index (χ3n) is 2.69. The van der Waals surface area contributed by atoms with Crippen LogP contribution in [-0.2, 0) is 9.47 Å². The number of carboxylic acid groups (broad SMARTS) is 1. The Bertz CT molecular complexity index is 476. The summed E-state index contributed by atoms with van der Waals surface area (Å²) in [5.74, 6) is 0.214. The fourth-order valence-electron chi connectivity index (χ4n) is 1.56. The second kappa shape index (κ2) is 7.56. The summed E-state index contributed by atoms with van der Waals surface area (Å²) in [4.78, 5) is 20.0. The summed E-state index contributed by atoms with van der Waals surface area (Å²) >= 11 is 1.30. The van der Waals surface area contributed by atoms with Crippen molar-refractivity contribution in [3.05, 3.63) is 17.1 Å². The molecule has 6 nitrogen and oxygen atoms in total. The van der Waals surface area contributed by atoms with Gasteiger partial charge in [-0.05, 0) is 6.92 Å². The maximum absolute atomic E-state index is 11.4. The number of hydrogen-bond acceptors (Lipinski definition) is 6. The monoisotopic (exact) mass is 300 g/mol. The molecule has 1 aromatic heterocycles. The van der Waals surface area contributed by atoms with Crippen LogP contribution in [0.5, 0.6) is 0 Å². The molecule has 0 spiro atoms. The van der Waals surface area contributed by atoms with Gasteiger partial charge in [-0.25, -0.2) is 14.8 Å². The number of methoxy groups -OCH3 is 2. The highest BCUT2D eigenvalue weighted by Gasteiger charge is 2.20. The normalized spacial score (nSPS) is 11.3. The van der Waals surface area contributed by atoms with Gasteiger partial charge in [-0.15, -0.1) is 11.8 Å². The van der Waals surface area contributed by atoms with Gasteiger partial charge in [-0.3, -0.25) is 0 Å². The molecule has 112 valence electrons. The van der Waals surface area contributed by atoms with Gasteiger partial charge in [0.15, 0.2) is 6.29 Å². The molecule has 20 heavy (non-hydrogen) atoms. The lowest BCUT2D eigenvalue weighted by Crippen LogP contribution is -2.17. The fourth-order valence-corrected chi connectivity index (χ4v) is 2.66. The molecule has 0 aromatic carbocycles. The molecule has 1 aromatic rings. The van der Waals surface area contributed by atoms with Crippen LogP contribution in [0.15, 0.2) is 5.03 Å². The second-order valence-electron chi connectivity index (χ2n) is 4.52. The third-order valence-corrected chi connectivity index (χ3v) is 3.69. The van der Waals surface area contributed by atoms with Crippen LogP contribution in [0, 0.1) is 6.92 Å². The lowest BCUT2D eigenvalue weighted by atomic mass is 10.2. The Morgan fingerprint density at radius 3 is 2.35 bits per heavy atom. The Labute approximate surface area is 122 Å². The van der Waals surface area contributed by atoms with Crippen molar-refractivity contribution in [3.63, 3.8) is 0 Å². The summed E-state index contributed by atoms with van der Waals surface area (Å²) in [6.45, 7) is 5.62. The van der Waals surface area contributed by atoms with E-state index in [0.717, 1.165) is 0 Å². The van der Waals surface area contributed by atoms with E-state index in [1.165, 1.54) is 26.0 Å². The predicted molar refractivity (Wildman–Crippen MR) is 76.3 cm³/mol. The van der Waals surface area contributed by atoms with Crippen molar-refractivity contribution in [2.45, 2.75) is 38.0 Å². The summed E-state index contributed by atoms with van der Waals surface area (Å²) in [6.07, 6.45) is -0.403. The summed E-state index contributed by atoms with van der Waals surface area (Å²) in [6, 6.07) is 0. The van der Waals surface area contributed by atoms with Crippen LogP contribution in [0.25, 0.3) is 0 Å². The molecule has 0 unspecified atom stereocenters. The molecule has 0 atom stereocenters. The zero-order valence-electron chi connectivity index (χ0n) is 12.3. The van der Waals surface area contributed by atoms with Gasteiger partial charge in [0.05, 0.1) is 11.4 Å². The number of hydrogen-bond donors (Lipinski definition) is 1. The number of aryl methyl sites for hydroxylation is 1. The van der Waals surface area contributed by atoms with Crippen LogP contribution in [0.4, 0.5) is 0 Å². The number of aromatic carboxylic acids is 1. The maximum atomic E-state index is 11.4. The largest absolute Gasteiger partial charge is 0.478 e. The predicted octanol–water partition coefficient (Wildman–Crippen LogP) is 2.32. The molecule has 0 aliphatic carbocycles. The van der Waals surface area contributed by atoms with E-state index in [1.807, 2.05) is 13.8 Å². The molecule has 1 N–H and O–H groups in total. The number of nitrogens with zero attached hydrogens (tertiary/aromatic N) is 2. The van der Waals surface area contributed by atoms with Crippen LogP contribution in [-0.4, -0.2) is 47.3 Å². The van der Waals surface area contributed by atoms with Gasteiger partial charge >= 0.3 is 5.97 Å². The fraction of sp³-hybridized carbons (Fsp3) is 0.615. The van der Waals surface area contributed by atoms with E-state index >= 15 is 0 Å². The molecule has 1 rings (SSSR count). The van der Waals surface area contributed by atoms with E-state index in [-0.39, 0.29) is 11.5 Å². The van der Waals surface area contributed by atoms with Crippen molar-refractivity contribution in [1.82, 2.24) is 9.97 Å². The number of aromatic nitrogens is 2. The first-order chi connectivity index (χ1) is 9.40. The number of ether oxygens (including phenoxy) is 2. The lowest BCUT2D eigenvalue weighted by molar-refractivity contribution is -0.0842. The minimum absolute atomic E-state index is 0.136. The van der Waals surface area contributed by atoms with Crippen molar-refractivity contribution in [1.29, 1.82) is 0 Å². The van der Waals surface area contributed by atoms with Gasteiger partial charge in [0.25, 0.3) is 0 Å². The molecule has 0 fully saturated rings. The summed E-state index contributed by atoms with van der Waals surface area (Å²) in [5.41, 5.74) is 0.621. The average Bonchev–Trinajstić information content (AvgIpc) is 2.38. The van der Waals surface area contributed by atoms with Crippen LogP contribution < -0.4 is 0 Å². The lowest BCUT2D eigenvalue weighted by Gasteiger charge is -2.15. The number of carbonyl (C=O) groups is 1. The molecule has 0 aliphatic heterocycles. The summed E-state index contributed by atoms with van der Waals surface area (Å²) in [7, 11) is 3.08. The molecule has 7 heteroatoms. The van der Waals surface area contributed by atoms with Crippen LogP contribution in [0.3, 0.4) is 0 Å². The van der Waals surface area contributed by atoms with E-state index in [4.69, 9.17) is 9.47 Å². The molecular weight excluding hydrogens is 280 g/mol. The summed E-state index contributed by atoms with van der Waals surface area (Å²) in [5, 5.41) is 9.75. The van der Waals surface area contributed by atoms with Crippen molar-refractivity contribution >= 4 is 17.7 Å². The van der Waals surface area contributed by atoms with E-state index in [2.05, 4.69) is 9.97 Å². The smallest absolute Gasteiger partial charge is 0.340 e. The molecule has 0 saturated carbocycles. The molecule has 0 bridgehead atoms. The van der Waals surface area contributed by atoms with Gasteiger partial charge in [0, 0.05) is 20.1 Å². The zero-order valence-corrected chi connectivity index (χ0v) is 13.2. The van der Waals surface area contributed by atoms with Gasteiger partial charge in [-0.1, -0.05) is 13.8 Å². The van der Waals surface area contributed by atoms with Crippen molar-refractivity contribution in [2.24, 2.45) is 0 Å². The first-order valence-corrected chi connectivity index (χ1v) is 7.19. The molecule has 1 heterocycles. The van der Waals surface area contributed by atoms with Gasteiger partial charge < -0.3 is 14.6 Å². The topological polar surface area (TPSA) is 81.5 Å². The van der Waals surface area contributed by atoms with Gasteiger partial charge in [0.1, 0.15) is 16.4 Å². The molecule has 0 radical (unpaired) electrons. The van der Waals surface area contributed by atoms with Gasteiger partial charge in [0.2, 0.25) is 0 Å². The third kappa shape index (κ3) is 4.16. The summed E-state index contributed by atoms with van der Waals surface area (Å²) < 4.78 is 10.2. The van der Waals surface area contributed by atoms with Crippen LogP contribution >= 0.6 is 11.8 Å². The number of carboxylic acids is 1. The van der Waals surface area contributed by atoms with Crippen LogP contribution in [0.2, 0.25) is 0 Å². The zero-order chi connectivity index (χ0) is 15.3. The SMILES string of the molecule is COC(CSc1nc(C(C)C)nc(C)c1C(=O)O)OC. The van der Waals surface area contributed by atoms with Gasteiger partial charge in [-0.2, -0.15) is 0 Å². The molecular formula is C13H20N2O4S. The first-order valence-electron chi connectivity index (χ1n) is 6.20. The number of thioether (sulfide) groups is 1. The Hall–Kier alpha value is -1.18. The molecule has 0 amide bonds. The second-order valence-corrected chi connectivity index (χ2v) is 5.53. The van der Waals surface area contributed by atoms with E-state index in [0.29, 0.717) is 22.3 Å². The van der Waals surface area contributed by atoms with Crippen molar-refractivity contribution < 1.29 is 19.4 Å². The quantitative estimate of drug-likeness (QED) is 0.470. The van der Waals surface area contributed by atoms with Crippen molar-refractivity contribution in [2.75, 3.05) is 20.0 Å². The Kier molecular flexibility index (Phi) is 6.38. The highest BCUT2D eigenvalue weighted by atomic mass is 32.2. The first kappa shape index (κ1) is 16.9. The minimum atomic E-state index is -1.02. The molecule has 0 aliphatic rings. The van der Waals surface area contributed by atoms with E-state index in [1.54, 1.807) is 6.92 Å². The highest BCUT2D eigenvalue weighted by molar-refractivity contribution is 7.99. The van der Waals surface area contributed by atoms with E-state index < -0.39 is 12.3 Å². The Morgan fingerprint density at radius 2 is 1.90 bits per heavy atom. The average molecular weight is 300 g/mol. The molecule has 0 saturated heterocycles. The highest BCUT2D eigenvalue weighted by Crippen LogP contribution is 2.26. The number of rotatable bonds is 7. The Balaban J connectivity index is 3.10. The maximum Gasteiger partial charge on any atom is 0.340 e. The minimum Gasteiger partial charge on any atom is -0.478 e.